The van der Waals surface area contributed by atoms with Gasteiger partial charge in [0.1, 0.15) is 0 Å². The van der Waals surface area contributed by atoms with E-state index in [1.165, 1.54) is 38.0 Å². The molecular formula is C12H21N2P. The van der Waals surface area contributed by atoms with Gasteiger partial charge in [0, 0.05) is 26.2 Å². The average molecular weight is 224 g/mol. The number of likely N-dealkylation sites (N-methyl/N-ethyl adjacent to an activating group) is 1. The molecule has 1 fully saturated rings. The number of rotatable bonds is 1. The molecule has 0 radical (unpaired) electrons. The second kappa shape index (κ2) is 7.81. The highest BCUT2D eigenvalue weighted by molar-refractivity contribution is 7.27. The summed E-state index contributed by atoms with van der Waals surface area (Å²) in [4.78, 5) is 2.45. The molecule has 0 aliphatic carbocycles. The van der Waals surface area contributed by atoms with Crippen molar-refractivity contribution in [3.05, 3.63) is 30.3 Å². The van der Waals surface area contributed by atoms with E-state index in [0.717, 1.165) is 0 Å². The normalized spacial score (nSPS) is 16.7. The third-order valence-corrected chi connectivity index (χ3v) is 2.84. The Labute approximate surface area is 95.3 Å². The molecule has 0 amide bonds. The molecule has 0 bridgehead atoms. The summed E-state index contributed by atoms with van der Waals surface area (Å²) in [6.07, 6.45) is 0. The summed E-state index contributed by atoms with van der Waals surface area (Å²) in [5.41, 5.74) is 0. The predicted octanol–water partition coefficient (Wildman–Crippen LogP) is 1.10. The maximum absolute atomic E-state index is 3.31. The average Bonchev–Trinajstić information content (AvgIpc) is 2.32. The Morgan fingerprint density at radius 1 is 1.20 bits per heavy atom. The number of hydrogen-bond acceptors (Lipinski definition) is 2. The molecule has 0 aromatic heterocycles. The predicted molar refractivity (Wildman–Crippen MR) is 70.8 cm³/mol. The van der Waals surface area contributed by atoms with E-state index in [2.05, 4.69) is 26.4 Å². The van der Waals surface area contributed by atoms with E-state index in [1.807, 2.05) is 30.3 Å². The minimum atomic E-state index is 1.17. The topological polar surface area (TPSA) is 15.3 Å². The van der Waals surface area contributed by atoms with Crippen molar-refractivity contribution in [2.45, 2.75) is 6.92 Å². The van der Waals surface area contributed by atoms with Gasteiger partial charge in [-0.3, -0.25) is 0 Å². The molecule has 1 aromatic rings. The molecule has 2 nitrogen and oxygen atoms in total. The molecule has 1 heterocycles. The van der Waals surface area contributed by atoms with Gasteiger partial charge in [0.05, 0.1) is 0 Å². The van der Waals surface area contributed by atoms with E-state index in [-0.39, 0.29) is 0 Å². The van der Waals surface area contributed by atoms with Crippen molar-refractivity contribution in [2.75, 3.05) is 32.7 Å². The zero-order valence-electron chi connectivity index (χ0n) is 9.45. The number of hydrogen-bond donors (Lipinski definition) is 1. The van der Waals surface area contributed by atoms with E-state index in [1.54, 1.807) is 0 Å². The van der Waals surface area contributed by atoms with Crippen LogP contribution in [0.3, 0.4) is 0 Å². The molecule has 1 atom stereocenters. The summed E-state index contributed by atoms with van der Waals surface area (Å²) in [5.74, 6) is 0. The summed E-state index contributed by atoms with van der Waals surface area (Å²) < 4.78 is 0. The first-order valence-electron chi connectivity index (χ1n) is 5.56. The molecule has 1 N–H and O–H groups in total. The fourth-order valence-corrected chi connectivity index (χ4v) is 1.70. The van der Waals surface area contributed by atoms with E-state index >= 15 is 0 Å². The summed E-state index contributed by atoms with van der Waals surface area (Å²) in [7, 11) is 2.63. The Kier molecular flexibility index (Phi) is 6.58. The fourth-order valence-electron chi connectivity index (χ4n) is 1.48. The lowest BCUT2D eigenvalue weighted by molar-refractivity contribution is 0.253. The van der Waals surface area contributed by atoms with Crippen LogP contribution in [0.2, 0.25) is 0 Å². The van der Waals surface area contributed by atoms with Gasteiger partial charge in [0.25, 0.3) is 0 Å². The van der Waals surface area contributed by atoms with Gasteiger partial charge < -0.3 is 10.2 Å². The highest BCUT2D eigenvalue weighted by Gasteiger charge is 2.04. The van der Waals surface area contributed by atoms with Gasteiger partial charge >= 0.3 is 0 Å². The fraction of sp³-hybridized carbons (Fsp3) is 0.500. The second-order valence-corrected chi connectivity index (χ2v) is 4.26. The molecule has 2 rings (SSSR count). The maximum atomic E-state index is 3.31. The van der Waals surface area contributed by atoms with E-state index in [4.69, 9.17) is 0 Å². The Morgan fingerprint density at radius 3 is 2.13 bits per heavy atom. The number of benzene rings is 1. The lowest BCUT2D eigenvalue weighted by Gasteiger charge is -2.25. The third-order valence-electron chi connectivity index (χ3n) is 2.46. The van der Waals surface area contributed by atoms with Gasteiger partial charge in [-0.1, -0.05) is 37.3 Å². The number of piperazine rings is 1. The highest BCUT2D eigenvalue weighted by Crippen LogP contribution is 1.88. The van der Waals surface area contributed by atoms with Crippen molar-refractivity contribution in [2.24, 2.45) is 0 Å². The lowest BCUT2D eigenvalue weighted by Crippen LogP contribution is -2.43. The summed E-state index contributed by atoms with van der Waals surface area (Å²) >= 11 is 0. The molecule has 1 saturated heterocycles. The molecule has 3 heteroatoms. The van der Waals surface area contributed by atoms with Gasteiger partial charge in [-0.2, -0.15) is 0 Å². The monoisotopic (exact) mass is 224 g/mol. The van der Waals surface area contributed by atoms with Crippen LogP contribution < -0.4 is 10.6 Å². The van der Waals surface area contributed by atoms with Crippen LogP contribution in [0.5, 0.6) is 0 Å². The van der Waals surface area contributed by atoms with Crippen LogP contribution in [0.4, 0.5) is 0 Å². The molecule has 1 aliphatic rings. The van der Waals surface area contributed by atoms with Crippen molar-refractivity contribution in [3.8, 4) is 0 Å². The van der Waals surface area contributed by atoms with Crippen LogP contribution in [-0.2, 0) is 0 Å². The molecule has 1 unspecified atom stereocenters. The van der Waals surface area contributed by atoms with E-state index in [0.29, 0.717) is 0 Å². The van der Waals surface area contributed by atoms with Crippen molar-refractivity contribution < 1.29 is 0 Å². The highest BCUT2D eigenvalue weighted by atomic mass is 31.0. The Morgan fingerprint density at radius 2 is 1.80 bits per heavy atom. The quantitative estimate of drug-likeness (QED) is 0.719. The summed E-state index contributed by atoms with van der Waals surface area (Å²) in [6.45, 7) is 8.24. The number of nitrogens with one attached hydrogen (secondary N) is 1. The first-order chi connectivity index (χ1) is 7.33. The van der Waals surface area contributed by atoms with Crippen LogP contribution >= 0.6 is 9.24 Å². The van der Waals surface area contributed by atoms with Gasteiger partial charge in [0.2, 0.25) is 0 Å². The van der Waals surface area contributed by atoms with E-state index < -0.39 is 0 Å². The van der Waals surface area contributed by atoms with Gasteiger partial charge in [0.15, 0.2) is 0 Å². The van der Waals surface area contributed by atoms with Crippen LogP contribution in [-0.4, -0.2) is 37.6 Å². The summed E-state index contributed by atoms with van der Waals surface area (Å²) in [6, 6.07) is 10.1. The van der Waals surface area contributed by atoms with Crippen LogP contribution in [0, 0.1) is 0 Å². The zero-order valence-corrected chi connectivity index (χ0v) is 10.6. The molecule has 84 valence electrons. The standard InChI is InChI=1S/C6H14N2.C6H7P/c1-2-8-5-3-7-4-6-8;7-6-4-2-1-3-5-6/h7H,2-6H2,1H3;1-5H,7H2. The van der Waals surface area contributed by atoms with Crippen molar-refractivity contribution in [1.82, 2.24) is 10.2 Å². The smallest absolute Gasteiger partial charge is 0.0107 e. The van der Waals surface area contributed by atoms with Crippen molar-refractivity contribution >= 4 is 14.5 Å². The molecule has 0 saturated carbocycles. The Bertz CT molecular complexity index is 245. The van der Waals surface area contributed by atoms with Gasteiger partial charge in [-0.05, 0) is 11.8 Å². The van der Waals surface area contributed by atoms with Gasteiger partial charge in [-0.15, -0.1) is 9.24 Å². The van der Waals surface area contributed by atoms with E-state index in [9.17, 15) is 0 Å². The minimum Gasteiger partial charge on any atom is -0.314 e. The van der Waals surface area contributed by atoms with Gasteiger partial charge in [-0.25, -0.2) is 0 Å². The molecule has 1 aromatic carbocycles. The number of nitrogens with zero attached hydrogens (tertiary/aromatic N) is 1. The van der Waals surface area contributed by atoms with Crippen LogP contribution in [0.25, 0.3) is 0 Å². The SMILES string of the molecule is CCN1CCNCC1.Pc1ccccc1. The lowest BCUT2D eigenvalue weighted by atomic mass is 10.4. The van der Waals surface area contributed by atoms with Crippen LogP contribution in [0.15, 0.2) is 30.3 Å². The Balaban J connectivity index is 0.000000151. The minimum absolute atomic E-state index is 1.17. The molecule has 0 spiro atoms. The Hall–Kier alpha value is -0.430. The second-order valence-electron chi connectivity index (χ2n) is 3.59. The van der Waals surface area contributed by atoms with Crippen molar-refractivity contribution in [1.29, 1.82) is 0 Å². The zero-order chi connectivity index (χ0) is 10.9. The maximum Gasteiger partial charge on any atom is 0.0107 e. The molecule has 1 aliphatic heterocycles. The summed E-state index contributed by atoms with van der Waals surface area (Å²) in [5, 5.41) is 4.55. The van der Waals surface area contributed by atoms with Crippen LogP contribution in [0.1, 0.15) is 6.92 Å². The first-order valence-corrected chi connectivity index (χ1v) is 6.14. The van der Waals surface area contributed by atoms with Crippen molar-refractivity contribution in [3.63, 3.8) is 0 Å². The molecular weight excluding hydrogens is 203 g/mol. The largest absolute Gasteiger partial charge is 0.314 e. The third kappa shape index (κ3) is 5.88. The molecule has 15 heavy (non-hydrogen) atoms. The first kappa shape index (κ1) is 12.6.